The van der Waals surface area contributed by atoms with Gasteiger partial charge >= 0.3 is 0 Å². The Morgan fingerprint density at radius 1 is 1.12 bits per heavy atom. The number of hydrogen-bond donors (Lipinski definition) is 3. The van der Waals surface area contributed by atoms with Gasteiger partial charge in [-0.3, -0.25) is 4.79 Å². The summed E-state index contributed by atoms with van der Waals surface area (Å²) in [6, 6.07) is 0. The molecule has 3 N–H and O–H groups in total. The number of halogens is 2. The molecule has 0 unspecified atom stereocenters. The zero-order valence-corrected chi connectivity index (χ0v) is 20.4. The third-order valence-electron chi connectivity index (χ3n) is 6.80. The first-order chi connectivity index (χ1) is 16.3. The number of anilines is 2. The third kappa shape index (κ3) is 3.99. The quantitative estimate of drug-likeness (QED) is 0.564. The molecule has 2 aliphatic heterocycles. The largest absolute Gasteiger partial charge is 0.352 e. The summed E-state index contributed by atoms with van der Waals surface area (Å²) in [6.45, 7) is 8.10. The summed E-state index contributed by atoms with van der Waals surface area (Å²) in [5, 5.41) is 9.46. The van der Waals surface area contributed by atoms with E-state index in [1.54, 1.807) is 6.20 Å². The number of aryl methyl sites for hydroxylation is 1. The Kier molecular flexibility index (Phi) is 6.12. The van der Waals surface area contributed by atoms with E-state index < -0.39 is 5.82 Å². The van der Waals surface area contributed by atoms with Crippen LogP contribution in [0.15, 0.2) is 22.9 Å². The SMILES string of the molecule is CC1=C(C2=C(C(C)C)c3c(cnc(Nc4nc(Cl)nc5c4CNCC5)c3F)CC2)C(=O)NCC1. The van der Waals surface area contributed by atoms with E-state index in [9.17, 15) is 4.79 Å². The highest BCUT2D eigenvalue weighted by atomic mass is 35.5. The van der Waals surface area contributed by atoms with Crippen LogP contribution < -0.4 is 16.0 Å². The van der Waals surface area contributed by atoms with Crippen LogP contribution in [0.1, 0.15) is 56.0 Å². The summed E-state index contributed by atoms with van der Waals surface area (Å²) in [6.07, 6.45) is 4.59. The Hall–Kier alpha value is -2.84. The van der Waals surface area contributed by atoms with Crippen LogP contribution in [0.4, 0.5) is 16.0 Å². The molecule has 2 aromatic rings. The van der Waals surface area contributed by atoms with Gasteiger partial charge in [0.25, 0.3) is 5.91 Å². The van der Waals surface area contributed by atoms with E-state index in [0.717, 1.165) is 52.9 Å². The van der Waals surface area contributed by atoms with Gasteiger partial charge in [0.05, 0.1) is 5.69 Å². The first-order valence-corrected chi connectivity index (χ1v) is 12.1. The Balaban J connectivity index is 1.63. The summed E-state index contributed by atoms with van der Waals surface area (Å²) in [4.78, 5) is 25.8. The van der Waals surface area contributed by atoms with Crippen molar-refractivity contribution in [2.24, 2.45) is 5.92 Å². The summed E-state index contributed by atoms with van der Waals surface area (Å²) in [7, 11) is 0. The van der Waals surface area contributed by atoms with Crippen LogP contribution in [-0.2, 0) is 24.2 Å². The van der Waals surface area contributed by atoms with Gasteiger partial charge in [0.1, 0.15) is 5.82 Å². The molecule has 178 valence electrons. The van der Waals surface area contributed by atoms with Gasteiger partial charge in [-0.15, -0.1) is 0 Å². The van der Waals surface area contributed by atoms with Crippen LogP contribution in [-0.4, -0.2) is 33.9 Å². The van der Waals surface area contributed by atoms with Crippen molar-refractivity contribution in [1.82, 2.24) is 25.6 Å². The fourth-order valence-electron chi connectivity index (χ4n) is 5.23. The molecule has 5 rings (SSSR count). The number of amides is 1. The van der Waals surface area contributed by atoms with Crippen LogP contribution in [0.3, 0.4) is 0 Å². The Morgan fingerprint density at radius 2 is 1.94 bits per heavy atom. The lowest BCUT2D eigenvalue weighted by Crippen LogP contribution is -2.33. The molecule has 1 amide bonds. The van der Waals surface area contributed by atoms with Crippen molar-refractivity contribution < 1.29 is 9.18 Å². The molecule has 0 atom stereocenters. The van der Waals surface area contributed by atoms with Crippen molar-refractivity contribution in [2.75, 3.05) is 18.4 Å². The van der Waals surface area contributed by atoms with Crippen LogP contribution in [0, 0.1) is 11.7 Å². The molecule has 0 spiro atoms. The van der Waals surface area contributed by atoms with E-state index in [0.29, 0.717) is 42.9 Å². The number of nitrogens with one attached hydrogen (secondary N) is 3. The van der Waals surface area contributed by atoms with Crippen molar-refractivity contribution in [3.05, 3.63) is 56.4 Å². The predicted molar refractivity (Wildman–Crippen MR) is 130 cm³/mol. The second-order valence-corrected chi connectivity index (χ2v) is 9.69. The van der Waals surface area contributed by atoms with Crippen molar-refractivity contribution in [2.45, 2.75) is 53.0 Å². The Morgan fingerprint density at radius 3 is 2.71 bits per heavy atom. The number of carbonyl (C=O) groups excluding carboxylic acids is 1. The van der Waals surface area contributed by atoms with Crippen molar-refractivity contribution >= 4 is 34.7 Å². The number of fused-ring (bicyclic) bond motifs is 2. The molecular formula is C25H28ClFN6O. The van der Waals surface area contributed by atoms with Gasteiger partial charge in [-0.05, 0) is 60.4 Å². The summed E-state index contributed by atoms with van der Waals surface area (Å²) >= 11 is 6.15. The molecule has 34 heavy (non-hydrogen) atoms. The average molecular weight is 483 g/mol. The Labute approximate surface area is 203 Å². The molecule has 0 saturated heterocycles. The standard InChI is InChI=1S/C25H28ClFN6O/c1-12(2)18-15(19-13(3)6-9-29-24(19)34)5-4-14-10-30-23(21(27)20(14)18)32-22-16-11-28-8-7-17(16)31-25(26)33-22/h10,12,28H,4-9,11H2,1-3H3,(H,29,34)(H,30,31,32,33). The predicted octanol–water partition coefficient (Wildman–Crippen LogP) is 4.25. The van der Waals surface area contributed by atoms with E-state index >= 15 is 4.39 Å². The zero-order chi connectivity index (χ0) is 24.0. The minimum atomic E-state index is -0.430. The number of allylic oxidation sites excluding steroid dienone is 1. The molecule has 9 heteroatoms. The van der Waals surface area contributed by atoms with E-state index in [4.69, 9.17) is 11.6 Å². The van der Waals surface area contributed by atoms with E-state index in [-0.39, 0.29) is 22.9 Å². The summed E-state index contributed by atoms with van der Waals surface area (Å²) in [5.74, 6) is 0.0895. The molecular weight excluding hydrogens is 455 g/mol. The lowest BCUT2D eigenvalue weighted by atomic mass is 9.76. The van der Waals surface area contributed by atoms with E-state index in [1.165, 1.54) is 0 Å². The first-order valence-electron chi connectivity index (χ1n) is 11.8. The highest BCUT2D eigenvalue weighted by Gasteiger charge is 2.32. The number of pyridine rings is 1. The first kappa shape index (κ1) is 22.9. The molecule has 0 aromatic carbocycles. The van der Waals surface area contributed by atoms with Crippen LogP contribution in [0.2, 0.25) is 5.28 Å². The summed E-state index contributed by atoms with van der Waals surface area (Å²) < 4.78 is 16.2. The van der Waals surface area contributed by atoms with Gasteiger partial charge in [-0.2, -0.15) is 0 Å². The number of carbonyl (C=O) groups is 1. The van der Waals surface area contributed by atoms with Gasteiger partial charge in [-0.25, -0.2) is 19.3 Å². The van der Waals surface area contributed by atoms with Crippen LogP contribution in [0.25, 0.3) is 5.57 Å². The normalized spacial score (nSPS) is 18.1. The van der Waals surface area contributed by atoms with Crippen molar-refractivity contribution in [1.29, 1.82) is 0 Å². The molecule has 0 saturated carbocycles. The molecule has 1 aliphatic carbocycles. The van der Waals surface area contributed by atoms with E-state index in [2.05, 4.69) is 30.9 Å². The molecule has 0 fully saturated rings. The fourth-order valence-corrected chi connectivity index (χ4v) is 5.41. The monoisotopic (exact) mass is 482 g/mol. The molecule has 0 bridgehead atoms. The van der Waals surface area contributed by atoms with Crippen molar-refractivity contribution in [3.63, 3.8) is 0 Å². The second kappa shape index (κ2) is 9.07. The topological polar surface area (TPSA) is 91.8 Å². The maximum absolute atomic E-state index is 16.2. The minimum absolute atomic E-state index is 0.0271. The summed E-state index contributed by atoms with van der Waals surface area (Å²) in [5.41, 5.74) is 6.72. The number of hydrogen-bond acceptors (Lipinski definition) is 6. The van der Waals surface area contributed by atoms with Crippen LogP contribution >= 0.6 is 11.6 Å². The van der Waals surface area contributed by atoms with Gasteiger partial charge in [0.2, 0.25) is 5.28 Å². The van der Waals surface area contributed by atoms with Crippen molar-refractivity contribution in [3.8, 4) is 0 Å². The molecule has 7 nitrogen and oxygen atoms in total. The Bertz CT molecular complexity index is 1250. The molecule has 3 aliphatic rings. The molecule has 4 heterocycles. The maximum Gasteiger partial charge on any atom is 0.251 e. The van der Waals surface area contributed by atoms with Gasteiger partial charge in [0, 0.05) is 49.0 Å². The van der Waals surface area contributed by atoms with Gasteiger partial charge in [-0.1, -0.05) is 19.4 Å². The minimum Gasteiger partial charge on any atom is -0.352 e. The lowest BCUT2D eigenvalue weighted by Gasteiger charge is -2.30. The maximum atomic E-state index is 16.2. The van der Waals surface area contributed by atoms with Gasteiger partial charge in [0.15, 0.2) is 11.6 Å². The average Bonchev–Trinajstić information content (AvgIpc) is 2.80. The van der Waals surface area contributed by atoms with E-state index in [1.807, 2.05) is 20.8 Å². The fraction of sp³-hybridized carbons (Fsp3) is 0.440. The van der Waals surface area contributed by atoms with Crippen LogP contribution in [0.5, 0.6) is 0 Å². The second-order valence-electron chi connectivity index (χ2n) is 9.35. The van der Waals surface area contributed by atoms with Gasteiger partial charge < -0.3 is 16.0 Å². The number of aromatic nitrogens is 3. The molecule has 0 radical (unpaired) electrons. The number of rotatable bonds is 4. The lowest BCUT2D eigenvalue weighted by molar-refractivity contribution is -0.117. The highest BCUT2D eigenvalue weighted by Crippen LogP contribution is 2.43. The third-order valence-corrected chi connectivity index (χ3v) is 6.97. The highest BCUT2D eigenvalue weighted by molar-refractivity contribution is 6.28. The number of nitrogens with zero attached hydrogens (tertiary/aromatic N) is 3. The zero-order valence-electron chi connectivity index (χ0n) is 19.6. The smallest absolute Gasteiger partial charge is 0.251 e. The molecule has 2 aromatic heterocycles.